The molecule has 7 nitrogen and oxygen atoms in total. The van der Waals surface area contributed by atoms with Gasteiger partial charge < -0.3 is 26.0 Å². The highest BCUT2D eigenvalue weighted by Gasteiger charge is 2.16. The van der Waals surface area contributed by atoms with Crippen LogP contribution < -0.4 is 16.0 Å². The number of amides is 3. The molecule has 0 aromatic heterocycles. The third kappa shape index (κ3) is 6.36. The van der Waals surface area contributed by atoms with Gasteiger partial charge in [0.1, 0.15) is 0 Å². The molecule has 138 valence electrons. The zero-order valence-corrected chi connectivity index (χ0v) is 15.0. The first-order valence-electron chi connectivity index (χ1n) is 8.83. The standard InChI is InChI=1S/C18H28N4O3/c1-3-17(24)20-14-7-6-13(2)16(10-14)21-18(25)19-11-15(23)12-22-8-4-5-9-22/h6-7,10,15,23H,3-5,8-9,11-12H2,1-2H3,(H,20,24)(H2,19,21,25)/t15-/m1/s1. The quantitative estimate of drug-likeness (QED) is 0.606. The SMILES string of the molecule is CCC(=O)Nc1ccc(C)c(NC(=O)NC[C@@H](O)CN2CCCC2)c1. The van der Waals surface area contributed by atoms with E-state index in [1.54, 1.807) is 19.1 Å². The summed E-state index contributed by atoms with van der Waals surface area (Å²) in [6.45, 7) is 6.47. The number of hydrogen-bond donors (Lipinski definition) is 4. The summed E-state index contributed by atoms with van der Waals surface area (Å²) in [4.78, 5) is 25.7. The van der Waals surface area contributed by atoms with E-state index >= 15 is 0 Å². The number of aryl methyl sites for hydroxylation is 1. The van der Waals surface area contributed by atoms with Gasteiger partial charge in [0.15, 0.2) is 0 Å². The van der Waals surface area contributed by atoms with Crippen molar-refractivity contribution in [1.82, 2.24) is 10.2 Å². The highest BCUT2D eigenvalue weighted by Crippen LogP contribution is 2.20. The molecule has 1 aliphatic rings. The fraction of sp³-hybridized carbons (Fsp3) is 0.556. The van der Waals surface area contributed by atoms with E-state index in [1.165, 1.54) is 12.8 Å². The van der Waals surface area contributed by atoms with Crippen molar-refractivity contribution in [3.05, 3.63) is 23.8 Å². The van der Waals surface area contributed by atoms with E-state index in [2.05, 4.69) is 20.9 Å². The monoisotopic (exact) mass is 348 g/mol. The molecule has 1 aliphatic heterocycles. The number of nitrogens with zero attached hydrogens (tertiary/aromatic N) is 1. The molecule has 25 heavy (non-hydrogen) atoms. The topological polar surface area (TPSA) is 93.7 Å². The molecule has 1 fully saturated rings. The minimum atomic E-state index is -0.583. The summed E-state index contributed by atoms with van der Waals surface area (Å²) >= 11 is 0. The zero-order valence-electron chi connectivity index (χ0n) is 15.0. The lowest BCUT2D eigenvalue weighted by molar-refractivity contribution is -0.115. The van der Waals surface area contributed by atoms with Crippen LogP contribution in [-0.4, -0.2) is 54.2 Å². The molecule has 1 aromatic rings. The van der Waals surface area contributed by atoms with E-state index in [9.17, 15) is 14.7 Å². The molecule has 0 bridgehead atoms. The lowest BCUT2D eigenvalue weighted by Gasteiger charge is -2.20. The van der Waals surface area contributed by atoms with E-state index in [0.29, 0.717) is 24.3 Å². The Bertz CT molecular complexity index is 600. The van der Waals surface area contributed by atoms with Crippen LogP contribution >= 0.6 is 0 Å². The Labute approximate surface area is 148 Å². The van der Waals surface area contributed by atoms with Crippen LogP contribution in [0.3, 0.4) is 0 Å². The fourth-order valence-corrected chi connectivity index (χ4v) is 2.79. The molecule has 2 rings (SSSR count). The summed E-state index contributed by atoms with van der Waals surface area (Å²) in [6, 6.07) is 4.99. The van der Waals surface area contributed by atoms with Crippen LogP contribution in [0.1, 0.15) is 31.7 Å². The van der Waals surface area contributed by atoms with E-state index in [-0.39, 0.29) is 18.5 Å². The minimum Gasteiger partial charge on any atom is -0.390 e. The number of aliphatic hydroxyl groups excluding tert-OH is 1. The number of urea groups is 1. The van der Waals surface area contributed by atoms with Gasteiger partial charge in [-0.1, -0.05) is 13.0 Å². The molecule has 0 spiro atoms. The van der Waals surface area contributed by atoms with Crippen molar-refractivity contribution in [1.29, 1.82) is 0 Å². The van der Waals surface area contributed by atoms with E-state index < -0.39 is 6.10 Å². The van der Waals surface area contributed by atoms with E-state index in [1.807, 2.05) is 13.0 Å². The van der Waals surface area contributed by atoms with Gasteiger partial charge in [-0.3, -0.25) is 4.79 Å². The first kappa shape index (κ1) is 19.2. The van der Waals surface area contributed by atoms with Gasteiger partial charge in [0, 0.05) is 30.9 Å². The van der Waals surface area contributed by atoms with Gasteiger partial charge in [0.25, 0.3) is 0 Å². The number of anilines is 2. The molecule has 0 aliphatic carbocycles. The minimum absolute atomic E-state index is 0.0794. The predicted octanol–water partition coefficient (Wildman–Crippen LogP) is 1.92. The Kier molecular flexibility index (Phi) is 7.21. The summed E-state index contributed by atoms with van der Waals surface area (Å²) in [5.74, 6) is -0.0794. The fourth-order valence-electron chi connectivity index (χ4n) is 2.79. The molecule has 1 heterocycles. The van der Waals surface area contributed by atoms with Crippen molar-refractivity contribution >= 4 is 23.3 Å². The average Bonchev–Trinajstić information content (AvgIpc) is 3.09. The number of hydrogen-bond acceptors (Lipinski definition) is 4. The molecular weight excluding hydrogens is 320 g/mol. The van der Waals surface area contributed by atoms with Gasteiger partial charge in [-0.25, -0.2) is 4.79 Å². The van der Waals surface area contributed by atoms with Crippen molar-refractivity contribution in [3.63, 3.8) is 0 Å². The number of β-amino-alcohol motifs (C(OH)–C–C–N with tert-alkyl or cyclic N) is 1. The van der Waals surface area contributed by atoms with E-state index in [4.69, 9.17) is 0 Å². The van der Waals surface area contributed by atoms with Crippen LogP contribution in [-0.2, 0) is 4.79 Å². The predicted molar refractivity (Wildman–Crippen MR) is 98.8 cm³/mol. The van der Waals surface area contributed by atoms with Gasteiger partial charge in [0.2, 0.25) is 5.91 Å². The Hall–Kier alpha value is -2.12. The number of likely N-dealkylation sites (tertiary alicyclic amines) is 1. The number of carbonyl (C=O) groups is 2. The summed E-state index contributed by atoms with van der Waals surface area (Å²) in [5, 5.41) is 18.2. The van der Waals surface area contributed by atoms with Gasteiger partial charge in [-0.2, -0.15) is 0 Å². The summed E-state index contributed by atoms with van der Waals surface area (Å²) in [6.07, 6.45) is 2.15. The first-order chi connectivity index (χ1) is 12.0. The summed E-state index contributed by atoms with van der Waals surface area (Å²) < 4.78 is 0. The molecule has 1 aromatic carbocycles. The molecule has 1 saturated heterocycles. The van der Waals surface area contributed by atoms with Gasteiger partial charge in [-0.05, 0) is 50.6 Å². The largest absolute Gasteiger partial charge is 0.390 e. The smallest absolute Gasteiger partial charge is 0.319 e. The van der Waals surface area contributed by atoms with Crippen molar-refractivity contribution in [2.45, 2.75) is 39.2 Å². The lowest BCUT2D eigenvalue weighted by atomic mass is 10.1. The Morgan fingerprint density at radius 3 is 2.64 bits per heavy atom. The van der Waals surface area contributed by atoms with Gasteiger partial charge in [-0.15, -0.1) is 0 Å². The summed E-state index contributed by atoms with van der Waals surface area (Å²) in [5.41, 5.74) is 2.16. The van der Waals surface area contributed by atoms with Crippen LogP contribution in [0.4, 0.5) is 16.2 Å². The van der Waals surface area contributed by atoms with E-state index in [0.717, 1.165) is 18.7 Å². The van der Waals surface area contributed by atoms with Crippen molar-refractivity contribution in [2.75, 3.05) is 36.8 Å². The third-order valence-corrected chi connectivity index (χ3v) is 4.26. The maximum Gasteiger partial charge on any atom is 0.319 e. The van der Waals surface area contributed by atoms with Crippen LogP contribution in [0.2, 0.25) is 0 Å². The number of nitrogens with one attached hydrogen (secondary N) is 3. The lowest BCUT2D eigenvalue weighted by Crippen LogP contribution is -2.40. The molecule has 7 heteroatoms. The summed E-state index contributed by atoms with van der Waals surface area (Å²) in [7, 11) is 0. The second-order valence-electron chi connectivity index (χ2n) is 6.43. The van der Waals surface area contributed by atoms with Gasteiger partial charge in [0.05, 0.1) is 6.10 Å². The zero-order chi connectivity index (χ0) is 18.2. The van der Waals surface area contributed by atoms with Crippen LogP contribution in [0.15, 0.2) is 18.2 Å². The van der Waals surface area contributed by atoms with Crippen molar-refractivity contribution < 1.29 is 14.7 Å². The van der Waals surface area contributed by atoms with Crippen LogP contribution in [0.25, 0.3) is 0 Å². The molecule has 3 amide bonds. The highest BCUT2D eigenvalue weighted by molar-refractivity contribution is 5.94. The molecular formula is C18H28N4O3. The molecule has 1 atom stereocenters. The first-order valence-corrected chi connectivity index (χ1v) is 8.83. The van der Waals surface area contributed by atoms with Crippen molar-refractivity contribution in [2.24, 2.45) is 0 Å². The maximum atomic E-state index is 12.1. The van der Waals surface area contributed by atoms with Gasteiger partial charge >= 0.3 is 6.03 Å². The second kappa shape index (κ2) is 9.39. The number of rotatable bonds is 7. The molecule has 0 radical (unpaired) electrons. The highest BCUT2D eigenvalue weighted by atomic mass is 16.3. The van der Waals surface area contributed by atoms with Crippen LogP contribution in [0, 0.1) is 6.92 Å². The second-order valence-corrected chi connectivity index (χ2v) is 6.43. The Morgan fingerprint density at radius 2 is 1.96 bits per heavy atom. The molecule has 0 saturated carbocycles. The van der Waals surface area contributed by atoms with Crippen molar-refractivity contribution in [3.8, 4) is 0 Å². The Balaban J connectivity index is 1.82. The average molecular weight is 348 g/mol. The third-order valence-electron chi connectivity index (χ3n) is 4.26. The number of aliphatic hydroxyl groups is 1. The molecule has 4 N–H and O–H groups in total. The van der Waals surface area contributed by atoms with Crippen LogP contribution in [0.5, 0.6) is 0 Å². The molecule has 0 unspecified atom stereocenters. The normalized spacial score (nSPS) is 15.6. The number of benzene rings is 1. The maximum absolute atomic E-state index is 12.1. The Morgan fingerprint density at radius 1 is 1.24 bits per heavy atom. The number of carbonyl (C=O) groups excluding carboxylic acids is 2.